The monoisotopic (exact) mass is 200 g/mol. The van der Waals surface area contributed by atoms with E-state index in [0.29, 0.717) is 11.7 Å². The van der Waals surface area contributed by atoms with Crippen LogP contribution in [-0.2, 0) is 4.79 Å². The molecule has 1 saturated carbocycles. The number of hydrogen-bond donors (Lipinski definition) is 0. The second kappa shape index (κ2) is 5.69. The molecular weight excluding hydrogens is 180 g/mol. The van der Waals surface area contributed by atoms with Crippen molar-refractivity contribution in [3.05, 3.63) is 0 Å². The number of ketones is 1. The summed E-state index contributed by atoms with van der Waals surface area (Å²) in [5, 5.41) is 0. The van der Waals surface area contributed by atoms with E-state index in [4.69, 9.17) is 0 Å². The van der Waals surface area contributed by atoms with Crippen molar-refractivity contribution in [3.8, 4) is 0 Å². The minimum Gasteiger partial charge on any atom is -0.299 e. The third-order valence-corrected chi connectivity index (χ3v) is 3.77. The lowest BCUT2D eigenvalue weighted by molar-refractivity contribution is -0.125. The Morgan fingerprint density at radius 3 is 3.00 bits per heavy atom. The maximum absolute atomic E-state index is 11.5. The van der Waals surface area contributed by atoms with Crippen molar-refractivity contribution >= 4 is 17.5 Å². The van der Waals surface area contributed by atoms with Crippen molar-refractivity contribution in [1.29, 1.82) is 0 Å². The van der Waals surface area contributed by atoms with Crippen LogP contribution in [0.3, 0.4) is 0 Å². The van der Waals surface area contributed by atoms with Crippen LogP contribution in [0.25, 0.3) is 0 Å². The van der Waals surface area contributed by atoms with E-state index in [1.54, 1.807) is 0 Å². The van der Waals surface area contributed by atoms with E-state index in [0.717, 1.165) is 31.6 Å². The van der Waals surface area contributed by atoms with E-state index in [2.05, 4.69) is 13.8 Å². The predicted molar refractivity (Wildman–Crippen MR) is 59.1 cm³/mol. The minimum absolute atomic E-state index is 0.391. The Labute approximate surface area is 85.7 Å². The lowest BCUT2D eigenvalue weighted by Gasteiger charge is -2.25. The van der Waals surface area contributed by atoms with Crippen LogP contribution in [0.1, 0.15) is 39.5 Å². The summed E-state index contributed by atoms with van der Waals surface area (Å²) in [5.74, 6) is 4.03. The molecule has 2 atom stereocenters. The molecule has 0 aliphatic heterocycles. The Balaban J connectivity index is 2.25. The molecule has 0 heterocycles. The number of rotatable bonds is 4. The largest absolute Gasteiger partial charge is 0.299 e. The topological polar surface area (TPSA) is 17.1 Å². The molecule has 0 saturated heterocycles. The van der Waals surface area contributed by atoms with E-state index in [1.807, 2.05) is 11.8 Å². The number of thioether (sulfide) groups is 1. The second-order valence-electron chi connectivity index (χ2n) is 4.03. The van der Waals surface area contributed by atoms with Gasteiger partial charge in [0.1, 0.15) is 5.78 Å². The zero-order chi connectivity index (χ0) is 9.68. The molecular formula is C11H20OS. The molecule has 0 aromatic heterocycles. The Morgan fingerprint density at radius 1 is 1.54 bits per heavy atom. The summed E-state index contributed by atoms with van der Waals surface area (Å²) in [5.41, 5.74) is 0. The van der Waals surface area contributed by atoms with Gasteiger partial charge in [0.25, 0.3) is 0 Å². The van der Waals surface area contributed by atoms with Gasteiger partial charge in [0.2, 0.25) is 0 Å². The molecule has 1 rings (SSSR count). The van der Waals surface area contributed by atoms with Crippen molar-refractivity contribution in [2.45, 2.75) is 39.5 Å². The van der Waals surface area contributed by atoms with Gasteiger partial charge < -0.3 is 0 Å². The SMILES string of the molecule is CCSCCC1CC(C)CCC1=O. The highest BCUT2D eigenvalue weighted by atomic mass is 32.2. The molecule has 1 nitrogen and oxygen atoms in total. The quantitative estimate of drug-likeness (QED) is 0.649. The van der Waals surface area contributed by atoms with Gasteiger partial charge in [-0.1, -0.05) is 13.8 Å². The Morgan fingerprint density at radius 2 is 2.31 bits per heavy atom. The highest BCUT2D eigenvalue weighted by molar-refractivity contribution is 7.99. The average Bonchev–Trinajstić information content (AvgIpc) is 2.11. The summed E-state index contributed by atoms with van der Waals surface area (Å²) < 4.78 is 0. The van der Waals surface area contributed by atoms with Crippen LogP contribution in [0.5, 0.6) is 0 Å². The van der Waals surface area contributed by atoms with Crippen molar-refractivity contribution in [3.63, 3.8) is 0 Å². The molecule has 2 heteroatoms. The molecule has 0 aromatic rings. The van der Waals surface area contributed by atoms with Crippen LogP contribution in [0.2, 0.25) is 0 Å². The fourth-order valence-corrected chi connectivity index (χ4v) is 2.72. The fourth-order valence-electron chi connectivity index (χ4n) is 1.98. The predicted octanol–water partition coefficient (Wildman–Crippen LogP) is 3.13. The van der Waals surface area contributed by atoms with Crippen LogP contribution in [0.4, 0.5) is 0 Å². The number of carbonyl (C=O) groups excluding carboxylic acids is 1. The molecule has 0 N–H and O–H groups in total. The van der Waals surface area contributed by atoms with Crippen LogP contribution < -0.4 is 0 Å². The van der Waals surface area contributed by atoms with Gasteiger partial charge in [-0.3, -0.25) is 4.79 Å². The molecule has 0 spiro atoms. The zero-order valence-corrected chi connectivity index (χ0v) is 9.53. The maximum Gasteiger partial charge on any atom is 0.136 e. The molecule has 1 fully saturated rings. The summed E-state index contributed by atoms with van der Waals surface area (Å²) in [6, 6.07) is 0. The molecule has 13 heavy (non-hydrogen) atoms. The molecule has 0 bridgehead atoms. The van der Waals surface area contributed by atoms with Crippen LogP contribution >= 0.6 is 11.8 Å². The summed E-state index contributed by atoms with van der Waals surface area (Å²) in [6.07, 6.45) is 4.21. The van der Waals surface area contributed by atoms with Gasteiger partial charge >= 0.3 is 0 Å². The van der Waals surface area contributed by atoms with E-state index >= 15 is 0 Å². The summed E-state index contributed by atoms with van der Waals surface area (Å²) in [7, 11) is 0. The van der Waals surface area contributed by atoms with Gasteiger partial charge in [-0.05, 0) is 36.7 Å². The zero-order valence-electron chi connectivity index (χ0n) is 8.71. The standard InChI is InChI=1S/C11H20OS/c1-3-13-7-6-10-8-9(2)4-5-11(10)12/h9-10H,3-8H2,1-2H3. The molecule has 0 amide bonds. The lowest BCUT2D eigenvalue weighted by atomic mass is 9.80. The van der Waals surface area contributed by atoms with Gasteiger partial charge in [-0.2, -0.15) is 11.8 Å². The molecule has 0 aromatic carbocycles. The normalized spacial score (nSPS) is 29.2. The van der Waals surface area contributed by atoms with Gasteiger partial charge in [-0.25, -0.2) is 0 Å². The van der Waals surface area contributed by atoms with Crippen molar-refractivity contribution < 1.29 is 4.79 Å². The Hall–Kier alpha value is 0.0200. The van der Waals surface area contributed by atoms with E-state index in [-0.39, 0.29) is 0 Å². The van der Waals surface area contributed by atoms with Crippen LogP contribution in [0, 0.1) is 11.8 Å². The first-order valence-corrected chi connectivity index (χ1v) is 6.50. The van der Waals surface area contributed by atoms with Gasteiger partial charge in [0, 0.05) is 12.3 Å². The maximum atomic E-state index is 11.5. The first kappa shape index (κ1) is 11.1. The lowest BCUT2D eigenvalue weighted by Crippen LogP contribution is -2.24. The van der Waals surface area contributed by atoms with Crippen molar-refractivity contribution in [1.82, 2.24) is 0 Å². The van der Waals surface area contributed by atoms with Gasteiger partial charge in [0.15, 0.2) is 0 Å². The highest BCUT2D eigenvalue weighted by Crippen LogP contribution is 2.28. The highest BCUT2D eigenvalue weighted by Gasteiger charge is 2.25. The first-order valence-electron chi connectivity index (χ1n) is 5.34. The summed E-state index contributed by atoms with van der Waals surface area (Å²) in [6.45, 7) is 4.45. The van der Waals surface area contributed by atoms with E-state index < -0.39 is 0 Å². The van der Waals surface area contributed by atoms with E-state index in [9.17, 15) is 4.79 Å². The first-order chi connectivity index (χ1) is 6.24. The number of carbonyl (C=O) groups is 1. The summed E-state index contributed by atoms with van der Waals surface area (Å²) >= 11 is 1.95. The average molecular weight is 200 g/mol. The van der Waals surface area contributed by atoms with E-state index in [1.165, 1.54) is 11.5 Å². The fraction of sp³-hybridized carbons (Fsp3) is 0.909. The minimum atomic E-state index is 0.391. The van der Waals surface area contributed by atoms with Crippen LogP contribution in [-0.4, -0.2) is 17.3 Å². The molecule has 1 aliphatic carbocycles. The Bertz CT molecular complexity index is 167. The molecule has 2 unspecified atom stereocenters. The third kappa shape index (κ3) is 3.72. The van der Waals surface area contributed by atoms with Crippen LogP contribution in [0.15, 0.2) is 0 Å². The van der Waals surface area contributed by atoms with Gasteiger partial charge in [0.05, 0.1) is 0 Å². The number of hydrogen-bond acceptors (Lipinski definition) is 2. The van der Waals surface area contributed by atoms with Gasteiger partial charge in [-0.15, -0.1) is 0 Å². The molecule has 76 valence electrons. The summed E-state index contributed by atoms with van der Waals surface area (Å²) in [4.78, 5) is 11.5. The molecule has 0 radical (unpaired) electrons. The second-order valence-corrected chi connectivity index (χ2v) is 5.42. The van der Waals surface area contributed by atoms with Crippen molar-refractivity contribution in [2.24, 2.45) is 11.8 Å². The molecule has 1 aliphatic rings. The third-order valence-electron chi connectivity index (χ3n) is 2.84. The smallest absolute Gasteiger partial charge is 0.136 e. The van der Waals surface area contributed by atoms with Crippen molar-refractivity contribution in [2.75, 3.05) is 11.5 Å². The number of Topliss-reactive ketones (excluding diaryl/α,β-unsaturated/α-hetero) is 1. The Kier molecular flexibility index (Phi) is 4.86.